The van der Waals surface area contributed by atoms with Crippen LogP contribution in [-0.2, 0) is 16.1 Å². The molecule has 6 nitrogen and oxygen atoms in total. The number of likely N-dealkylation sites (tertiary alicyclic amines) is 1. The molecule has 0 spiro atoms. The van der Waals surface area contributed by atoms with Gasteiger partial charge in [-0.2, -0.15) is 0 Å². The quantitative estimate of drug-likeness (QED) is 0.911. The largest absolute Gasteiger partial charge is 0.480 e. The minimum Gasteiger partial charge on any atom is -0.480 e. The van der Waals surface area contributed by atoms with Gasteiger partial charge in [0.15, 0.2) is 0 Å². The average Bonchev–Trinajstić information content (AvgIpc) is 2.92. The van der Waals surface area contributed by atoms with Gasteiger partial charge in [-0.1, -0.05) is 30.3 Å². The van der Waals surface area contributed by atoms with E-state index in [1.807, 2.05) is 30.3 Å². The van der Waals surface area contributed by atoms with Crippen LogP contribution in [0.15, 0.2) is 30.3 Å². The van der Waals surface area contributed by atoms with Gasteiger partial charge < -0.3 is 19.6 Å². The number of nitrogens with zero attached hydrogens (tertiary/aromatic N) is 2. The summed E-state index contributed by atoms with van der Waals surface area (Å²) in [6, 6.07) is 8.48. The van der Waals surface area contributed by atoms with Crippen LogP contribution in [0.1, 0.15) is 12.0 Å². The molecule has 1 aliphatic rings. The first-order valence-corrected chi connectivity index (χ1v) is 6.84. The van der Waals surface area contributed by atoms with Gasteiger partial charge in [0, 0.05) is 33.7 Å². The Morgan fingerprint density at radius 1 is 1.38 bits per heavy atom. The van der Waals surface area contributed by atoms with E-state index in [0.717, 1.165) is 5.56 Å². The highest BCUT2D eigenvalue weighted by molar-refractivity contribution is 5.83. The number of carboxylic acids is 1. The molecule has 0 bridgehead atoms. The van der Waals surface area contributed by atoms with Crippen LogP contribution < -0.4 is 0 Å². The number of carbonyl (C=O) groups is 2. The summed E-state index contributed by atoms with van der Waals surface area (Å²) in [4.78, 5) is 26.7. The summed E-state index contributed by atoms with van der Waals surface area (Å²) in [5.74, 6) is -0.990. The highest BCUT2D eigenvalue weighted by Gasteiger charge is 2.40. The lowest BCUT2D eigenvalue weighted by molar-refractivity contribution is -0.141. The van der Waals surface area contributed by atoms with Gasteiger partial charge in [0.1, 0.15) is 6.04 Å². The Morgan fingerprint density at radius 3 is 2.62 bits per heavy atom. The van der Waals surface area contributed by atoms with Crippen LogP contribution in [0, 0.1) is 0 Å². The van der Waals surface area contributed by atoms with Gasteiger partial charge in [0.25, 0.3) is 0 Å². The normalized spacial score (nSPS) is 21.3. The van der Waals surface area contributed by atoms with Gasteiger partial charge in [0.2, 0.25) is 0 Å². The van der Waals surface area contributed by atoms with E-state index in [2.05, 4.69) is 0 Å². The second kappa shape index (κ2) is 6.58. The molecule has 0 aromatic heterocycles. The molecule has 114 valence electrons. The molecule has 1 heterocycles. The van der Waals surface area contributed by atoms with Crippen molar-refractivity contribution in [3.8, 4) is 0 Å². The molecule has 0 aliphatic carbocycles. The number of benzene rings is 1. The molecule has 2 unspecified atom stereocenters. The maximum atomic E-state index is 12.5. The minimum absolute atomic E-state index is 0.222. The lowest BCUT2D eigenvalue weighted by Gasteiger charge is -2.27. The SMILES string of the molecule is COC1CC(C(=O)O)N(C(=O)N(C)Cc2ccccc2)C1. The lowest BCUT2D eigenvalue weighted by atomic mass is 10.2. The first kappa shape index (κ1) is 15.3. The minimum atomic E-state index is -0.990. The van der Waals surface area contributed by atoms with Crippen LogP contribution in [0.2, 0.25) is 0 Å². The van der Waals surface area contributed by atoms with Crippen molar-refractivity contribution in [3.05, 3.63) is 35.9 Å². The van der Waals surface area contributed by atoms with Crippen LogP contribution in [0.25, 0.3) is 0 Å². The number of carboxylic acid groups (broad SMARTS) is 1. The van der Waals surface area contributed by atoms with Gasteiger partial charge in [-0.25, -0.2) is 9.59 Å². The van der Waals surface area contributed by atoms with Crippen molar-refractivity contribution < 1.29 is 19.4 Å². The third-order valence-electron chi connectivity index (χ3n) is 3.72. The summed E-state index contributed by atoms with van der Waals surface area (Å²) in [7, 11) is 3.21. The van der Waals surface area contributed by atoms with Crippen molar-refractivity contribution in [3.63, 3.8) is 0 Å². The number of hydrogen-bond donors (Lipinski definition) is 1. The number of urea groups is 1. The second-order valence-electron chi connectivity index (χ2n) is 5.22. The highest BCUT2D eigenvalue weighted by Crippen LogP contribution is 2.22. The molecule has 6 heteroatoms. The third kappa shape index (κ3) is 3.52. The summed E-state index contributed by atoms with van der Waals surface area (Å²) in [6.45, 7) is 0.756. The molecule has 21 heavy (non-hydrogen) atoms. The second-order valence-corrected chi connectivity index (χ2v) is 5.22. The van der Waals surface area contributed by atoms with E-state index < -0.39 is 12.0 Å². The predicted molar refractivity (Wildman–Crippen MR) is 76.8 cm³/mol. The Morgan fingerprint density at radius 2 is 2.05 bits per heavy atom. The van der Waals surface area contributed by atoms with Crippen LogP contribution in [0.3, 0.4) is 0 Å². The molecule has 1 aliphatic heterocycles. The van der Waals surface area contributed by atoms with Crippen LogP contribution in [-0.4, -0.2) is 59.8 Å². The van der Waals surface area contributed by atoms with E-state index in [0.29, 0.717) is 19.5 Å². The summed E-state index contributed by atoms with van der Waals surface area (Å²) in [5.41, 5.74) is 1.00. The molecule has 0 radical (unpaired) electrons. The number of ether oxygens (including phenoxy) is 1. The zero-order valence-electron chi connectivity index (χ0n) is 12.2. The lowest BCUT2D eigenvalue weighted by Crippen LogP contribution is -2.46. The maximum absolute atomic E-state index is 12.5. The highest BCUT2D eigenvalue weighted by atomic mass is 16.5. The Hall–Kier alpha value is -2.08. The van der Waals surface area contributed by atoms with Crippen molar-refractivity contribution in [1.82, 2.24) is 9.80 Å². The molecule has 1 saturated heterocycles. The number of hydrogen-bond acceptors (Lipinski definition) is 3. The summed E-state index contributed by atoms with van der Waals surface area (Å²) < 4.78 is 5.19. The van der Waals surface area contributed by atoms with Crippen molar-refractivity contribution in [1.29, 1.82) is 0 Å². The average molecular weight is 292 g/mol. The number of rotatable bonds is 4. The molecule has 1 N–H and O–H groups in total. The monoisotopic (exact) mass is 292 g/mol. The maximum Gasteiger partial charge on any atom is 0.326 e. The smallest absolute Gasteiger partial charge is 0.326 e. The third-order valence-corrected chi connectivity index (χ3v) is 3.72. The van der Waals surface area contributed by atoms with E-state index in [1.165, 1.54) is 16.9 Å². The fourth-order valence-electron chi connectivity index (χ4n) is 2.56. The topological polar surface area (TPSA) is 70.1 Å². The molecule has 2 amide bonds. The first-order chi connectivity index (χ1) is 10.0. The Bertz CT molecular complexity index is 506. The predicted octanol–water partition coefficient (Wildman–Crippen LogP) is 1.41. The standard InChI is InChI=1S/C15H20N2O4/c1-16(9-11-6-4-3-5-7-11)15(20)17-10-12(21-2)8-13(17)14(18)19/h3-7,12-13H,8-10H2,1-2H3,(H,18,19). The van der Waals surface area contributed by atoms with Crippen molar-refractivity contribution in [2.75, 3.05) is 20.7 Å². The van der Waals surface area contributed by atoms with Gasteiger partial charge in [-0.05, 0) is 5.56 Å². The van der Waals surface area contributed by atoms with Crippen LogP contribution in [0.4, 0.5) is 4.79 Å². The summed E-state index contributed by atoms with van der Waals surface area (Å²) >= 11 is 0. The molecule has 1 fully saturated rings. The zero-order valence-corrected chi connectivity index (χ0v) is 12.2. The summed E-state index contributed by atoms with van der Waals surface area (Å²) in [5, 5.41) is 9.25. The van der Waals surface area contributed by atoms with E-state index in [-0.39, 0.29) is 12.1 Å². The Balaban J connectivity index is 2.05. The van der Waals surface area contributed by atoms with E-state index >= 15 is 0 Å². The Labute approximate surface area is 123 Å². The van der Waals surface area contributed by atoms with E-state index in [1.54, 1.807) is 7.05 Å². The zero-order chi connectivity index (χ0) is 15.4. The van der Waals surface area contributed by atoms with Gasteiger partial charge in [-0.3, -0.25) is 0 Å². The Kier molecular flexibility index (Phi) is 4.80. The number of aliphatic carboxylic acids is 1. The number of amides is 2. The van der Waals surface area contributed by atoms with E-state index in [9.17, 15) is 14.7 Å². The van der Waals surface area contributed by atoms with Crippen LogP contribution >= 0.6 is 0 Å². The molecule has 1 aromatic rings. The molecule has 2 rings (SSSR count). The van der Waals surface area contributed by atoms with Gasteiger partial charge in [0.05, 0.1) is 6.10 Å². The van der Waals surface area contributed by atoms with Crippen LogP contribution in [0.5, 0.6) is 0 Å². The molecule has 1 aromatic carbocycles. The molecular formula is C15H20N2O4. The van der Waals surface area contributed by atoms with Crippen molar-refractivity contribution >= 4 is 12.0 Å². The van der Waals surface area contributed by atoms with Crippen molar-refractivity contribution in [2.45, 2.75) is 25.1 Å². The van der Waals surface area contributed by atoms with Gasteiger partial charge in [-0.15, -0.1) is 0 Å². The molecule has 2 atom stereocenters. The van der Waals surface area contributed by atoms with E-state index in [4.69, 9.17) is 4.74 Å². The first-order valence-electron chi connectivity index (χ1n) is 6.84. The fourth-order valence-corrected chi connectivity index (χ4v) is 2.56. The molecular weight excluding hydrogens is 272 g/mol. The van der Waals surface area contributed by atoms with Crippen molar-refractivity contribution in [2.24, 2.45) is 0 Å². The number of carbonyl (C=O) groups excluding carboxylic acids is 1. The number of methoxy groups -OCH3 is 1. The van der Waals surface area contributed by atoms with Gasteiger partial charge >= 0.3 is 12.0 Å². The summed E-state index contributed by atoms with van der Waals surface area (Å²) in [6.07, 6.45) is 0.108. The molecule has 0 saturated carbocycles. The fraction of sp³-hybridized carbons (Fsp3) is 0.467.